The fourth-order valence-electron chi connectivity index (χ4n) is 2.51. The first-order chi connectivity index (χ1) is 11.2. The molecule has 0 aliphatic carbocycles. The second-order valence-electron chi connectivity index (χ2n) is 5.43. The van der Waals surface area contributed by atoms with E-state index >= 15 is 0 Å². The molecular weight excluding hydrogens is 288 g/mol. The average Bonchev–Trinajstić information content (AvgIpc) is 2.58. The number of benzene rings is 2. The molecule has 0 aliphatic rings. The summed E-state index contributed by atoms with van der Waals surface area (Å²) in [7, 11) is 0. The second-order valence-corrected chi connectivity index (χ2v) is 5.43. The summed E-state index contributed by atoms with van der Waals surface area (Å²) in [5.74, 6) is -0.262. The van der Waals surface area contributed by atoms with E-state index in [1.807, 2.05) is 18.2 Å². The van der Waals surface area contributed by atoms with Gasteiger partial charge in [0.1, 0.15) is 5.75 Å². The molecule has 0 aliphatic heterocycles. The number of aromatic hydroxyl groups is 1. The molecule has 2 aromatic carbocycles. The molecule has 0 saturated heterocycles. The van der Waals surface area contributed by atoms with Crippen LogP contribution in [0.25, 0.3) is 0 Å². The minimum absolute atomic E-state index is 0.00132. The summed E-state index contributed by atoms with van der Waals surface area (Å²) in [4.78, 5) is 14.5. The maximum Gasteiger partial charge on any atom is 0.255 e. The van der Waals surface area contributed by atoms with Crippen LogP contribution >= 0.6 is 0 Å². The maximum absolute atomic E-state index is 12.2. The van der Waals surface area contributed by atoms with E-state index in [2.05, 4.69) is 30.1 Å². The Morgan fingerprint density at radius 1 is 1.00 bits per heavy atom. The number of phenolic OH excluding ortho intramolecular Hbond substituents is 1. The fourth-order valence-corrected chi connectivity index (χ4v) is 2.51. The van der Waals surface area contributed by atoms with Gasteiger partial charge in [-0.05, 0) is 36.3 Å². The third-order valence-corrected chi connectivity index (χ3v) is 3.99. The summed E-state index contributed by atoms with van der Waals surface area (Å²) < 4.78 is 0. The van der Waals surface area contributed by atoms with E-state index in [4.69, 9.17) is 0 Å². The number of nitrogens with zero attached hydrogens (tertiary/aromatic N) is 1. The Balaban J connectivity index is 2.06. The molecule has 4 heteroatoms. The van der Waals surface area contributed by atoms with Gasteiger partial charge >= 0.3 is 0 Å². The summed E-state index contributed by atoms with van der Waals surface area (Å²) in [6.07, 6.45) is 0. The topological polar surface area (TPSA) is 52.6 Å². The molecular formula is C19H24N2O2. The molecule has 0 atom stereocenters. The first-order valence-electron chi connectivity index (χ1n) is 8.01. The highest BCUT2D eigenvalue weighted by atomic mass is 16.3. The smallest absolute Gasteiger partial charge is 0.255 e. The predicted octanol–water partition coefficient (Wildman–Crippen LogP) is 3.16. The van der Waals surface area contributed by atoms with Crippen molar-refractivity contribution in [3.8, 4) is 5.75 Å². The van der Waals surface area contributed by atoms with Crippen molar-refractivity contribution in [3.63, 3.8) is 0 Å². The number of nitrogens with one attached hydrogen (secondary N) is 1. The van der Waals surface area contributed by atoms with Gasteiger partial charge in [0.25, 0.3) is 5.91 Å². The van der Waals surface area contributed by atoms with Crippen LogP contribution in [0.3, 0.4) is 0 Å². The Bertz CT molecular complexity index is 651. The molecule has 2 rings (SSSR count). The molecule has 2 N–H and O–H groups in total. The number of carbonyl (C=O) groups is 1. The van der Waals surface area contributed by atoms with Crippen molar-refractivity contribution in [1.29, 1.82) is 0 Å². The summed E-state index contributed by atoms with van der Waals surface area (Å²) in [6.45, 7) is 7.60. The highest BCUT2D eigenvalue weighted by Gasteiger charge is 2.11. The molecule has 0 heterocycles. The number of para-hydroxylation sites is 1. The Morgan fingerprint density at radius 2 is 1.61 bits per heavy atom. The van der Waals surface area contributed by atoms with Crippen molar-refractivity contribution in [2.75, 3.05) is 13.1 Å². The lowest BCUT2D eigenvalue weighted by atomic mass is 10.1. The maximum atomic E-state index is 12.2. The largest absolute Gasteiger partial charge is 0.507 e. The zero-order valence-electron chi connectivity index (χ0n) is 13.7. The average molecular weight is 312 g/mol. The molecule has 23 heavy (non-hydrogen) atoms. The number of phenols is 1. The van der Waals surface area contributed by atoms with Crippen LogP contribution in [-0.2, 0) is 13.1 Å². The quantitative estimate of drug-likeness (QED) is 0.825. The van der Waals surface area contributed by atoms with Gasteiger partial charge in [0.2, 0.25) is 0 Å². The predicted molar refractivity (Wildman–Crippen MR) is 92.3 cm³/mol. The van der Waals surface area contributed by atoms with Crippen LogP contribution in [0.2, 0.25) is 0 Å². The van der Waals surface area contributed by atoms with E-state index in [0.29, 0.717) is 12.1 Å². The van der Waals surface area contributed by atoms with E-state index in [1.165, 1.54) is 11.6 Å². The van der Waals surface area contributed by atoms with E-state index < -0.39 is 0 Å². The number of carbonyl (C=O) groups excluding carboxylic acids is 1. The highest BCUT2D eigenvalue weighted by molar-refractivity contribution is 5.96. The van der Waals surface area contributed by atoms with Gasteiger partial charge in [-0.1, -0.05) is 50.2 Å². The number of hydrogen-bond donors (Lipinski definition) is 2. The zero-order chi connectivity index (χ0) is 16.7. The summed E-state index contributed by atoms with van der Waals surface area (Å²) in [5.41, 5.74) is 2.62. The highest BCUT2D eigenvalue weighted by Crippen LogP contribution is 2.16. The minimum atomic E-state index is -0.263. The lowest BCUT2D eigenvalue weighted by Crippen LogP contribution is -2.26. The molecule has 0 unspecified atom stereocenters. The van der Waals surface area contributed by atoms with Gasteiger partial charge in [-0.15, -0.1) is 0 Å². The normalized spacial score (nSPS) is 10.7. The SMILES string of the molecule is CCN(CC)Cc1ccccc1CNC(=O)c1ccccc1O. The Hall–Kier alpha value is -2.33. The molecule has 0 bridgehead atoms. The van der Waals surface area contributed by atoms with Gasteiger partial charge in [-0.25, -0.2) is 0 Å². The summed E-state index contributed by atoms with van der Waals surface area (Å²) in [6, 6.07) is 14.7. The fraction of sp³-hybridized carbons (Fsp3) is 0.316. The van der Waals surface area contributed by atoms with E-state index in [9.17, 15) is 9.90 Å². The summed E-state index contributed by atoms with van der Waals surface area (Å²) in [5, 5.41) is 12.6. The number of rotatable bonds is 7. The van der Waals surface area contributed by atoms with Crippen LogP contribution in [0.4, 0.5) is 0 Å². The molecule has 0 radical (unpaired) electrons. The molecule has 0 saturated carbocycles. The van der Waals surface area contributed by atoms with Crippen LogP contribution in [0.5, 0.6) is 5.75 Å². The first-order valence-corrected chi connectivity index (χ1v) is 8.01. The van der Waals surface area contributed by atoms with Gasteiger partial charge in [0.15, 0.2) is 0 Å². The molecule has 2 aromatic rings. The molecule has 0 spiro atoms. The standard InChI is InChI=1S/C19H24N2O2/c1-3-21(4-2)14-16-10-6-5-9-15(16)13-20-19(23)17-11-7-8-12-18(17)22/h5-12,22H,3-4,13-14H2,1-2H3,(H,20,23). The van der Waals surface area contributed by atoms with E-state index in [1.54, 1.807) is 18.2 Å². The van der Waals surface area contributed by atoms with Crippen molar-refractivity contribution in [2.45, 2.75) is 26.9 Å². The Labute approximate surface area is 137 Å². The van der Waals surface area contributed by atoms with Crippen LogP contribution in [0.15, 0.2) is 48.5 Å². The lowest BCUT2D eigenvalue weighted by molar-refractivity contribution is 0.0948. The van der Waals surface area contributed by atoms with Crippen LogP contribution < -0.4 is 5.32 Å². The van der Waals surface area contributed by atoms with Crippen LogP contribution in [-0.4, -0.2) is 29.0 Å². The monoisotopic (exact) mass is 312 g/mol. The Kier molecular flexibility index (Phi) is 6.18. The third-order valence-electron chi connectivity index (χ3n) is 3.99. The Morgan fingerprint density at radius 3 is 2.26 bits per heavy atom. The molecule has 4 nitrogen and oxygen atoms in total. The van der Waals surface area contributed by atoms with Crippen LogP contribution in [0, 0.1) is 0 Å². The first kappa shape index (κ1) is 17.0. The van der Waals surface area contributed by atoms with Crippen molar-refractivity contribution in [3.05, 3.63) is 65.2 Å². The van der Waals surface area contributed by atoms with Crippen molar-refractivity contribution in [2.24, 2.45) is 0 Å². The second kappa shape index (κ2) is 8.34. The van der Waals surface area contributed by atoms with Crippen LogP contribution in [0.1, 0.15) is 35.3 Å². The zero-order valence-corrected chi connectivity index (χ0v) is 13.7. The van der Waals surface area contributed by atoms with Crippen molar-refractivity contribution in [1.82, 2.24) is 10.2 Å². The minimum Gasteiger partial charge on any atom is -0.507 e. The summed E-state index contributed by atoms with van der Waals surface area (Å²) >= 11 is 0. The van der Waals surface area contributed by atoms with E-state index in [0.717, 1.165) is 25.2 Å². The van der Waals surface area contributed by atoms with Gasteiger partial charge in [-0.3, -0.25) is 9.69 Å². The molecule has 0 fully saturated rings. The van der Waals surface area contributed by atoms with Gasteiger partial charge in [0, 0.05) is 13.1 Å². The molecule has 1 amide bonds. The van der Waals surface area contributed by atoms with Gasteiger partial charge in [0.05, 0.1) is 5.56 Å². The van der Waals surface area contributed by atoms with Crippen molar-refractivity contribution < 1.29 is 9.90 Å². The molecule has 0 aromatic heterocycles. The van der Waals surface area contributed by atoms with E-state index in [-0.39, 0.29) is 11.7 Å². The third kappa shape index (κ3) is 4.57. The number of hydrogen-bond acceptors (Lipinski definition) is 3. The van der Waals surface area contributed by atoms with Crippen molar-refractivity contribution >= 4 is 5.91 Å². The molecule has 122 valence electrons. The number of amides is 1. The van der Waals surface area contributed by atoms with Gasteiger partial charge < -0.3 is 10.4 Å². The van der Waals surface area contributed by atoms with Gasteiger partial charge in [-0.2, -0.15) is 0 Å². The lowest BCUT2D eigenvalue weighted by Gasteiger charge is -2.20.